The number of halogens is 3. The highest BCUT2D eigenvalue weighted by atomic mass is 19.2. The zero-order valence-electron chi connectivity index (χ0n) is 8.85. The van der Waals surface area contributed by atoms with Gasteiger partial charge < -0.3 is 5.73 Å². The molecule has 16 heavy (non-hydrogen) atoms. The third-order valence-corrected chi connectivity index (χ3v) is 3.33. The van der Waals surface area contributed by atoms with Crippen LogP contribution in [0.3, 0.4) is 0 Å². The summed E-state index contributed by atoms with van der Waals surface area (Å²) in [5, 5.41) is 0. The molecule has 2 N–H and O–H groups in total. The second kappa shape index (κ2) is 4.45. The first-order valence-corrected chi connectivity index (χ1v) is 5.50. The lowest BCUT2D eigenvalue weighted by molar-refractivity contribution is 0.399. The molecule has 1 aromatic carbocycles. The van der Waals surface area contributed by atoms with E-state index in [1.165, 1.54) is 6.07 Å². The predicted octanol–water partition coefficient (Wildman–Crippen LogP) is 3.29. The van der Waals surface area contributed by atoms with Gasteiger partial charge in [-0.3, -0.25) is 0 Å². The largest absolute Gasteiger partial charge is 0.324 e. The van der Waals surface area contributed by atoms with E-state index in [1.807, 2.05) is 0 Å². The summed E-state index contributed by atoms with van der Waals surface area (Å²) in [4.78, 5) is 0. The van der Waals surface area contributed by atoms with Gasteiger partial charge in [0.1, 0.15) is 0 Å². The summed E-state index contributed by atoms with van der Waals surface area (Å²) >= 11 is 0. The average molecular weight is 229 g/mol. The van der Waals surface area contributed by atoms with Crippen molar-refractivity contribution in [2.24, 2.45) is 11.7 Å². The molecule has 0 bridgehead atoms. The van der Waals surface area contributed by atoms with Crippen LogP contribution in [0.2, 0.25) is 0 Å². The molecule has 2 rings (SSSR count). The topological polar surface area (TPSA) is 26.0 Å². The minimum absolute atomic E-state index is 0.0887. The van der Waals surface area contributed by atoms with Crippen LogP contribution in [0.15, 0.2) is 12.1 Å². The smallest absolute Gasteiger partial charge is 0.194 e. The summed E-state index contributed by atoms with van der Waals surface area (Å²) in [6, 6.07) is 1.65. The Morgan fingerprint density at radius 1 is 1.06 bits per heavy atom. The van der Waals surface area contributed by atoms with Gasteiger partial charge in [-0.2, -0.15) is 0 Å². The van der Waals surface area contributed by atoms with E-state index in [2.05, 4.69) is 0 Å². The Bertz CT molecular complexity index is 386. The first kappa shape index (κ1) is 11.5. The Kier molecular flexibility index (Phi) is 3.19. The van der Waals surface area contributed by atoms with E-state index in [0.717, 1.165) is 31.7 Å². The normalized spacial score (nSPS) is 19.0. The van der Waals surface area contributed by atoms with Gasteiger partial charge in [0, 0.05) is 11.6 Å². The molecule has 88 valence electrons. The molecule has 4 heteroatoms. The minimum Gasteiger partial charge on any atom is -0.324 e. The summed E-state index contributed by atoms with van der Waals surface area (Å²) in [7, 11) is 0. The van der Waals surface area contributed by atoms with Crippen LogP contribution in [0, 0.1) is 23.4 Å². The third-order valence-electron chi connectivity index (χ3n) is 3.33. The van der Waals surface area contributed by atoms with Gasteiger partial charge in [-0.15, -0.1) is 0 Å². The molecule has 0 radical (unpaired) electrons. The average Bonchev–Trinajstić information content (AvgIpc) is 2.79. The maximum atomic E-state index is 13.5. The van der Waals surface area contributed by atoms with Crippen molar-refractivity contribution in [1.29, 1.82) is 0 Å². The van der Waals surface area contributed by atoms with Crippen molar-refractivity contribution < 1.29 is 13.2 Å². The zero-order valence-corrected chi connectivity index (χ0v) is 8.85. The minimum atomic E-state index is -1.43. The lowest BCUT2D eigenvalue weighted by Crippen LogP contribution is -2.21. The maximum Gasteiger partial charge on any atom is 0.194 e. The van der Waals surface area contributed by atoms with Crippen LogP contribution in [0.4, 0.5) is 13.2 Å². The summed E-state index contributed by atoms with van der Waals surface area (Å²) in [6.07, 6.45) is 4.01. The van der Waals surface area contributed by atoms with Gasteiger partial charge in [0.15, 0.2) is 17.5 Å². The number of rotatable bonds is 2. The van der Waals surface area contributed by atoms with Crippen molar-refractivity contribution in [3.05, 3.63) is 35.1 Å². The molecule has 0 aliphatic heterocycles. The highest BCUT2D eigenvalue weighted by Gasteiger charge is 2.27. The molecule has 0 unspecified atom stereocenters. The summed E-state index contributed by atoms with van der Waals surface area (Å²) in [5.41, 5.74) is 5.98. The van der Waals surface area contributed by atoms with E-state index in [4.69, 9.17) is 5.73 Å². The second-order valence-corrected chi connectivity index (χ2v) is 4.33. The zero-order chi connectivity index (χ0) is 11.7. The summed E-state index contributed by atoms with van der Waals surface area (Å²) < 4.78 is 39.2. The van der Waals surface area contributed by atoms with Crippen LogP contribution in [-0.4, -0.2) is 0 Å². The molecular formula is C12H14F3N. The molecule has 0 amide bonds. The molecule has 0 saturated heterocycles. The Hall–Kier alpha value is -1.03. The molecule has 1 nitrogen and oxygen atoms in total. The summed E-state index contributed by atoms with van der Waals surface area (Å²) in [5.74, 6) is -3.55. The molecular weight excluding hydrogens is 215 g/mol. The SMILES string of the molecule is N[C@@H](c1ccc(F)c(F)c1F)C1CCCC1. The molecule has 1 atom stereocenters. The Morgan fingerprint density at radius 2 is 1.69 bits per heavy atom. The van der Waals surface area contributed by atoms with Crippen LogP contribution in [0.25, 0.3) is 0 Å². The van der Waals surface area contributed by atoms with E-state index in [9.17, 15) is 13.2 Å². The van der Waals surface area contributed by atoms with Crippen LogP contribution in [-0.2, 0) is 0 Å². The van der Waals surface area contributed by atoms with Crippen molar-refractivity contribution >= 4 is 0 Å². The highest BCUT2D eigenvalue weighted by Crippen LogP contribution is 2.35. The molecule has 1 aliphatic carbocycles. The third kappa shape index (κ3) is 1.94. The molecule has 1 fully saturated rings. The fraction of sp³-hybridized carbons (Fsp3) is 0.500. The van der Waals surface area contributed by atoms with Crippen LogP contribution in [0.5, 0.6) is 0 Å². The Morgan fingerprint density at radius 3 is 2.31 bits per heavy atom. The quantitative estimate of drug-likeness (QED) is 0.774. The van der Waals surface area contributed by atoms with E-state index < -0.39 is 23.5 Å². The lowest BCUT2D eigenvalue weighted by atomic mass is 9.92. The molecule has 0 heterocycles. The lowest BCUT2D eigenvalue weighted by Gasteiger charge is -2.19. The van der Waals surface area contributed by atoms with Gasteiger partial charge >= 0.3 is 0 Å². The number of hydrogen-bond acceptors (Lipinski definition) is 1. The molecule has 0 spiro atoms. The van der Waals surface area contributed by atoms with E-state index >= 15 is 0 Å². The number of nitrogens with two attached hydrogens (primary N) is 1. The van der Waals surface area contributed by atoms with Crippen LogP contribution >= 0.6 is 0 Å². The van der Waals surface area contributed by atoms with Gasteiger partial charge in [-0.1, -0.05) is 18.9 Å². The predicted molar refractivity (Wildman–Crippen MR) is 55.2 cm³/mol. The maximum absolute atomic E-state index is 13.5. The number of benzene rings is 1. The van der Waals surface area contributed by atoms with E-state index in [-0.39, 0.29) is 11.5 Å². The van der Waals surface area contributed by atoms with E-state index in [1.54, 1.807) is 0 Å². The standard InChI is InChI=1S/C12H14F3N/c13-9-6-5-8(10(14)11(9)15)12(16)7-3-1-2-4-7/h5-7,12H,1-4,16H2/t12-/m1/s1. The molecule has 1 aromatic rings. The van der Waals surface area contributed by atoms with Gasteiger partial charge in [-0.05, 0) is 24.8 Å². The van der Waals surface area contributed by atoms with Crippen molar-refractivity contribution in [2.45, 2.75) is 31.7 Å². The van der Waals surface area contributed by atoms with Gasteiger partial charge in [0.25, 0.3) is 0 Å². The summed E-state index contributed by atoms with van der Waals surface area (Å²) in [6.45, 7) is 0. The van der Waals surface area contributed by atoms with Gasteiger partial charge in [0.05, 0.1) is 0 Å². The Labute approximate surface area is 92.5 Å². The Balaban J connectivity index is 2.29. The van der Waals surface area contributed by atoms with Crippen molar-refractivity contribution in [2.75, 3.05) is 0 Å². The highest BCUT2D eigenvalue weighted by molar-refractivity contribution is 5.24. The van der Waals surface area contributed by atoms with E-state index in [0.29, 0.717) is 0 Å². The first-order chi connectivity index (χ1) is 7.61. The van der Waals surface area contributed by atoms with Gasteiger partial charge in [0.2, 0.25) is 0 Å². The van der Waals surface area contributed by atoms with Crippen LogP contribution in [0.1, 0.15) is 37.3 Å². The van der Waals surface area contributed by atoms with Gasteiger partial charge in [-0.25, -0.2) is 13.2 Å². The first-order valence-electron chi connectivity index (χ1n) is 5.50. The van der Waals surface area contributed by atoms with Crippen LogP contribution < -0.4 is 5.73 Å². The monoisotopic (exact) mass is 229 g/mol. The molecule has 1 aliphatic rings. The van der Waals surface area contributed by atoms with Crippen molar-refractivity contribution in [3.63, 3.8) is 0 Å². The van der Waals surface area contributed by atoms with Crippen molar-refractivity contribution in [3.8, 4) is 0 Å². The molecule has 0 aromatic heterocycles. The van der Waals surface area contributed by atoms with Crippen molar-refractivity contribution in [1.82, 2.24) is 0 Å². The fourth-order valence-electron chi connectivity index (χ4n) is 2.37. The molecule has 1 saturated carbocycles. The number of hydrogen-bond donors (Lipinski definition) is 1. The fourth-order valence-corrected chi connectivity index (χ4v) is 2.37. The second-order valence-electron chi connectivity index (χ2n) is 4.33.